The summed E-state index contributed by atoms with van der Waals surface area (Å²) in [6.45, 7) is 7.84. The van der Waals surface area contributed by atoms with E-state index in [2.05, 4.69) is 20.8 Å². The van der Waals surface area contributed by atoms with Crippen molar-refractivity contribution in [2.24, 2.45) is 16.7 Å². The molecule has 92 valence electrons. The summed E-state index contributed by atoms with van der Waals surface area (Å²) < 4.78 is 0. The van der Waals surface area contributed by atoms with Gasteiger partial charge in [0.2, 0.25) is 5.91 Å². The molecule has 0 N–H and O–H groups in total. The summed E-state index contributed by atoms with van der Waals surface area (Å²) in [5.41, 5.74) is 0.239. The van der Waals surface area contributed by atoms with Crippen LogP contribution < -0.4 is 0 Å². The van der Waals surface area contributed by atoms with E-state index in [1.54, 1.807) is 0 Å². The Morgan fingerprint density at radius 2 is 1.75 bits per heavy atom. The van der Waals surface area contributed by atoms with Crippen molar-refractivity contribution in [3.8, 4) is 0 Å². The van der Waals surface area contributed by atoms with Gasteiger partial charge in [0, 0.05) is 13.6 Å². The van der Waals surface area contributed by atoms with Crippen molar-refractivity contribution in [1.82, 2.24) is 4.90 Å². The van der Waals surface area contributed by atoms with Gasteiger partial charge in [-0.05, 0) is 24.2 Å². The zero-order valence-electron chi connectivity index (χ0n) is 11.2. The number of hydrogen-bond acceptors (Lipinski definition) is 1. The Morgan fingerprint density at radius 3 is 2.25 bits per heavy atom. The van der Waals surface area contributed by atoms with Gasteiger partial charge in [-0.15, -0.1) is 0 Å². The fourth-order valence-electron chi connectivity index (χ4n) is 3.91. The highest BCUT2D eigenvalue weighted by atomic mass is 16.2. The van der Waals surface area contributed by atoms with Gasteiger partial charge in [0.05, 0.1) is 5.41 Å². The van der Waals surface area contributed by atoms with E-state index in [4.69, 9.17) is 0 Å². The Morgan fingerprint density at radius 1 is 1.19 bits per heavy atom. The average molecular weight is 223 g/mol. The second-order valence-corrected chi connectivity index (χ2v) is 6.82. The summed E-state index contributed by atoms with van der Waals surface area (Å²) in [4.78, 5) is 14.4. The van der Waals surface area contributed by atoms with Crippen LogP contribution in [0.15, 0.2) is 0 Å². The number of hydrogen-bond donors (Lipinski definition) is 0. The van der Waals surface area contributed by atoms with E-state index in [0.29, 0.717) is 11.8 Å². The molecule has 2 rings (SSSR count). The smallest absolute Gasteiger partial charge is 0.228 e. The van der Waals surface area contributed by atoms with E-state index >= 15 is 0 Å². The van der Waals surface area contributed by atoms with Crippen LogP contribution in [0.2, 0.25) is 0 Å². The molecule has 0 bridgehead atoms. The standard InChI is InChI=1S/C14H25NO/c1-13(2,3)11-10-15(4)12(16)14(11)8-6-5-7-9-14/h11H,5-10H2,1-4H3. The third-order valence-corrected chi connectivity index (χ3v) is 4.69. The zero-order valence-corrected chi connectivity index (χ0v) is 11.2. The van der Waals surface area contributed by atoms with Crippen molar-refractivity contribution in [1.29, 1.82) is 0 Å². The quantitative estimate of drug-likeness (QED) is 0.618. The SMILES string of the molecule is CN1CC(C(C)(C)C)C2(CCCCC2)C1=O. The molecular formula is C14H25NO. The molecule has 0 aromatic carbocycles. The van der Waals surface area contributed by atoms with Gasteiger partial charge in [0.25, 0.3) is 0 Å². The van der Waals surface area contributed by atoms with Crippen molar-refractivity contribution in [3.63, 3.8) is 0 Å². The topological polar surface area (TPSA) is 20.3 Å². The van der Waals surface area contributed by atoms with E-state index in [1.807, 2.05) is 11.9 Å². The number of carbonyl (C=O) groups excluding carboxylic acids is 1. The van der Waals surface area contributed by atoms with Crippen LogP contribution in [0.1, 0.15) is 52.9 Å². The van der Waals surface area contributed by atoms with E-state index in [0.717, 1.165) is 19.4 Å². The first-order valence-corrected chi connectivity index (χ1v) is 6.63. The largest absolute Gasteiger partial charge is 0.345 e. The number of amides is 1. The van der Waals surface area contributed by atoms with Gasteiger partial charge >= 0.3 is 0 Å². The molecule has 1 unspecified atom stereocenters. The summed E-state index contributed by atoms with van der Waals surface area (Å²) in [5.74, 6) is 0.963. The summed E-state index contributed by atoms with van der Waals surface area (Å²) >= 11 is 0. The summed E-state index contributed by atoms with van der Waals surface area (Å²) in [6, 6.07) is 0. The van der Waals surface area contributed by atoms with Gasteiger partial charge in [-0.25, -0.2) is 0 Å². The molecule has 0 aromatic rings. The molecule has 1 heterocycles. The highest BCUT2D eigenvalue weighted by molar-refractivity contribution is 5.85. The summed E-state index contributed by atoms with van der Waals surface area (Å²) in [6.07, 6.45) is 6.05. The molecular weight excluding hydrogens is 198 g/mol. The van der Waals surface area contributed by atoms with Gasteiger partial charge in [0.1, 0.15) is 0 Å². The predicted octanol–water partition coefficient (Wildman–Crippen LogP) is 3.07. The Kier molecular flexibility index (Phi) is 2.80. The second-order valence-electron chi connectivity index (χ2n) is 6.82. The van der Waals surface area contributed by atoms with Gasteiger partial charge < -0.3 is 4.90 Å². The molecule has 2 nitrogen and oxygen atoms in total. The van der Waals surface area contributed by atoms with E-state index in [-0.39, 0.29) is 10.8 Å². The van der Waals surface area contributed by atoms with Gasteiger partial charge in [0.15, 0.2) is 0 Å². The maximum Gasteiger partial charge on any atom is 0.228 e. The van der Waals surface area contributed by atoms with Crippen LogP contribution in [-0.2, 0) is 4.79 Å². The lowest BCUT2D eigenvalue weighted by Gasteiger charge is -2.42. The molecule has 1 saturated carbocycles. The third kappa shape index (κ3) is 1.66. The van der Waals surface area contributed by atoms with Crippen LogP contribution >= 0.6 is 0 Å². The summed E-state index contributed by atoms with van der Waals surface area (Å²) in [7, 11) is 1.98. The lowest BCUT2D eigenvalue weighted by molar-refractivity contribution is -0.138. The first-order chi connectivity index (χ1) is 7.38. The lowest BCUT2D eigenvalue weighted by atomic mass is 9.60. The van der Waals surface area contributed by atoms with Gasteiger partial charge in [-0.2, -0.15) is 0 Å². The molecule has 1 saturated heterocycles. The molecule has 0 aromatic heterocycles. The van der Waals surface area contributed by atoms with Crippen molar-refractivity contribution < 1.29 is 4.79 Å². The molecule has 1 aliphatic carbocycles. The maximum atomic E-state index is 12.5. The van der Waals surface area contributed by atoms with E-state index in [9.17, 15) is 4.79 Å². The van der Waals surface area contributed by atoms with Crippen molar-refractivity contribution in [2.45, 2.75) is 52.9 Å². The van der Waals surface area contributed by atoms with Crippen LogP contribution in [0.5, 0.6) is 0 Å². The van der Waals surface area contributed by atoms with Crippen molar-refractivity contribution in [2.75, 3.05) is 13.6 Å². The van der Waals surface area contributed by atoms with Crippen molar-refractivity contribution in [3.05, 3.63) is 0 Å². The number of likely N-dealkylation sites (tertiary alicyclic amines) is 1. The van der Waals surface area contributed by atoms with E-state index < -0.39 is 0 Å². The van der Waals surface area contributed by atoms with E-state index in [1.165, 1.54) is 19.3 Å². The molecule has 1 atom stereocenters. The van der Waals surface area contributed by atoms with Crippen LogP contribution in [0.4, 0.5) is 0 Å². The zero-order chi connectivity index (χ0) is 12.0. The average Bonchev–Trinajstić information content (AvgIpc) is 2.45. The van der Waals surface area contributed by atoms with Crippen molar-refractivity contribution >= 4 is 5.91 Å². The molecule has 16 heavy (non-hydrogen) atoms. The monoisotopic (exact) mass is 223 g/mol. The fourth-order valence-corrected chi connectivity index (χ4v) is 3.91. The van der Waals surface area contributed by atoms with Crippen LogP contribution in [0, 0.1) is 16.7 Å². The minimum Gasteiger partial charge on any atom is -0.345 e. The number of carbonyl (C=O) groups is 1. The number of rotatable bonds is 0. The molecule has 1 spiro atoms. The second kappa shape index (κ2) is 3.75. The maximum absolute atomic E-state index is 12.5. The Hall–Kier alpha value is -0.530. The third-order valence-electron chi connectivity index (χ3n) is 4.69. The Bertz CT molecular complexity index is 284. The fraction of sp³-hybridized carbons (Fsp3) is 0.929. The van der Waals surface area contributed by atoms with Crippen LogP contribution in [0.3, 0.4) is 0 Å². The predicted molar refractivity (Wildman–Crippen MR) is 66.1 cm³/mol. The van der Waals surface area contributed by atoms with Gasteiger partial charge in [-0.1, -0.05) is 40.0 Å². The first kappa shape index (κ1) is 11.9. The minimum absolute atomic E-state index is 0.00868. The lowest BCUT2D eigenvalue weighted by Crippen LogP contribution is -2.42. The Labute approximate surface area is 99.4 Å². The molecule has 1 amide bonds. The number of nitrogens with zero attached hydrogens (tertiary/aromatic N) is 1. The minimum atomic E-state index is -0.00868. The van der Waals surface area contributed by atoms with Gasteiger partial charge in [-0.3, -0.25) is 4.79 Å². The molecule has 0 radical (unpaired) electrons. The van der Waals surface area contributed by atoms with Crippen LogP contribution in [0.25, 0.3) is 0 Å². The molecule has 1 aliphatic heterocycles. The normalized spacial score (nSPS) is 30.1. The Balaban J connectivity index is 2.33. The highest BCUT2D eigenvalue weighted by Crippen LogP contribution is 2.53. The molecule has 2 fully saturated rings. The van der Waals surface area contributed by atoms with Crippen LogP contribution in [-0.4, -0.2) is 24.4 Å². The molecule has 2 aliphatic rings. The highest BCUT2D eigenvalue weighted by Gasteiger charge is 2.56. The first-order valence-electron chi connectivity index (χ1n) is 6.63. The summed E-state index contributed by atoms with van der Waals surface area (Å²) in [5, 5.41) is 0. The molecule has 2 heteroatoms.